The number of aryl methyl sites for hydroxylation is 1. The smallest absolute Gasteiger partial charge is 0.168 e. The molecule has 2 nitrogen and oxygen atoms in total. The van der Waals surface area contributed by atoms with E-state index in [4.69, 9.17) is 0 Å². The van der Waals surface area contributed by atoms with Crippen molar-refractivity contribution in [2.24, 2.45) is 0 Å². The predicted molar refractivity (Wildman–Crippen MR) is 77.1 cm³/mol. The van der Waals surface area contributed by atoms with Gasteiger partial charge in [0.15, 0.2) is 12.4 Å². The Kier molecular flexibility index (Phi) is 7.61. The van der Waals surface area contributed by atoms with Crippen LogP contribution in [0.15, 0.2) is 55.0 Å². The maximum atomic E-state index is 2.31. The summed E-state index contributed by atoms with van der Waals surface area (Å²) in [5.41, 5.74) is 0. The Hall–Kier alpha value is -1.57. The summed E-state index contributed by atoms with van der Waals surface area (Å²) in [5, 5.41) is 0. The first-order valence-corrected chi connectivity index (χ1v) is 6.88. The van der Waals surface area contributed by atoms with E-state index in [1.54, 1.807) is 0 Å². The lowest BCUT2D eigenvalue weighted by Crippen LogP contribution is -2.31. The van der Waals surface area contributed by atoms with Crippen LogP contribution in [0.4, 0.5) is 0 Å². The van der Waals surface area contributed by atoms with Crippen molar-refractivity contribution in [3.05, 3.63) is 55.0 Å². The fraction of sp³-hybridized carbons (Fsp3) is 0.438. The van der Waals surface area contributed by atoms with Crippen molar-refractivity contribution in [3.63, 3.8) is 0 Å². The molecule has 18 heavy (non-hydrogen) atoms. The van der Waals surface area contributed by atoms with Gasteiger partial charge in [-0.15, -0.1) is 0 Å². The first-order chi connectivity index (χ1) is 8.86. The van der Waals surface area contributed by atoms with Crippen molar-refractivity contribution in [1.82, 2.24) is 4.90 Å². The molecule has 1 aromatic heterocycles. The Labute approximate surface area is 111 Å². The van der Waals surface area contributed by atoms with Gasteiger partial charge in [0, 0.05) is 31.6 Å². The average Bonchev–Trinajstić information content (AvgIpc) is 2.43. The van der Waals surface area contributed by atoms with E-state index in [1.807, 2.05) is 6.07 Å². The zero-order valence-corrected chi connectivity index (χ0v) is 11.6. The van der Waals surface area contributed by atoms with Crippen molar-refractivity contribution in [2.45, 2.75) is 33.2 Å². The molecule has 0 spiro atoms. The summed E-state index contributed by atoms with van der Waals surface area (Å²) in [5.74, 6) is 0. The summed E-state index contributed by atoms with van der Waals surface area (Å²) in [6, 6.07) is 6.14. The molecule has 1 aliphatic rings. The van der Waals surface area contributed by atoms with E-state index in [0.29, 0.717) is 0 Å². The molecular weight excluding hydrogens is 220 g/mol. The number of hydrogen-bond donors (Lipinski definition) is 0. The van der Waals surface area contributed by atoms with Crippen LogP contribution in [0.2, 0.25) is 0 Å². The van der Waals surface area contributed by atoms with E-state index in [1.165, 1.54) is 19.4 Å². The lowest BCUT2D eigenvalue weighted by Gasteiger charge is -2.18. The third-order valence-electron chi connectivity index (χ3n) is 2.65. The minimum absolute atomic E-state index is 1.09. The van der Waals surface area contributed by atoms with Crippen molar-refractivity contribution >= 4 is 0 Å². The second-order valence-electron chi connectivity index (χ2n) is 4.38. The second-order valence-corrected chi connectivity index (χ2v) is 4.38. The number of rotatable bonds is 4. The number of pyridine rings is 1. The SMILES string of the molecule is CCCN1C=CC=CC1.CCC[n+]1ccccc1. The zero-order valence-electron chi connectivity index (χ0n) is 11.6. The fourth-order valence-corrected chi connectivity index (χ4v) is 1.80. The zero-order chi connectivity index (χ0) is 13.1. The van der Waals surface area contributed by atoms with Crippen LogP contribution < -0.4 is 4.57 Å². The van der Waals surface area contributed by atoms with E-state index in [0.717, 1.165) is 13.1 Å². The first-order valence-electron chi connectivity index (χ1n) is 6.88. The van der Waals surface area contributed by atoms with Crippen molar-refractivity contribution < 1.29 is 4.57 Å². The van der Waals surface area contributed by atoms with Gasteiger partial charge in [0.1, 0.15) is 6.54 Å². The minimum Gasteiger partial charge on any atom is -0.374 e. The molecule has 2 heteroatoms. The third-order valence-corrected chi connectivity index (χ3v) is 2.65. The summed E-state index contributed by atoms with van der Waals surface area (Å²) in [4.78, 5) is 2.31. The van der Waals surface area contributed by atoms with E-state index < -0.39 is 0 Å². The van der Waals surface area contributed by atoms with E-state index in [-0.39, 0.29) is 0 Å². The number of hydrogen-bond acceptors (Lipinski definition) is 1. The van der Waals surface area contributed by atoms with Gasteiger partial charge in [-0.25, -0.2) is 4.57 Å². The lowest BCUT2D eigenvalue weighted by atomic mass is 10.3. The minimum atomic E-state index is 1.09. The number of nitrogens with zero attached hydrogens (tertiary/aromatic N) is 2. The first kappa shape index (κ1) is 14.5. The van der Waals surface area contributed by atoms with Gasteiger partial charge in [-0.05, 0) is 18.7 Å². The fourth-order valence-electron chi connectivity index (χ4n) is 1.80. The molecule has 0 aliphatic carbocycles. The van der Waals surface area contributed by atoms with Crippen LogP contribution in [-0.4, -0.2) is 18.0 Å². The quantitative estimate of drug-likeness (QED) is 0.739. The van der Waals surface area contributed by atoms with Gasteiger partial charge in [-0.3, -0.25) is 0 Å². The van der Waals surface area contributed by atoms with Crippen molar-refractivity contribution in [1.29, 1.82) is 0 Å². The van der Waals surface area contributed by atoms with E-state index in [9.17, 15) is 0 Å². The molecule has 0 atom stereocenters. The van der Waals surface area contributed by atoms with E-state index >= 15 is 0 Å². The molecule has 0 saturated carbocycles. The molecule has 1 aromatic rings. The topological polar surface area (TPSA) is 7.12 Å². The highest BCUT2D eigenvalue weighted by Crippen LogP contribution is 1.98. The maximum Gasteiger partial charge on any atom is 0.168 e. The summed E-state index contributed by atoms with van der Waals surface area (Å²) in [6.45, 7) is 7.78. The Morgan fingerprint density at radius 2 is 1.78 bits per heavy atom. The maximum absolute atomic E-state index is 2.31. The van der Waals surface area contributed by atoms with Crippen LogP contribution in [0.1, 0.15) is 26.7 Å². The third kappa shape index (κ3) is 6.24. The van der Waals surface area contributed by atoms with Gasteiger partial charge >= 0.3 is 0 Å². The molecule has 0 N–H and O–H groups in total. The average molecular weight is 245 g/mol. The van der Waals surface area contributed by atoms with Crippen LogP contribution in [0, 0.1) is 0 Å². The monoisotopic (exact) mass is 245 g/mol. The van der Waals surface area contributed by atoms with Crippen LogP contribution in [0.25, 0.3) is 0 Å². The Morgan fingerprint density at radius 3 is 2.33 bits per heavy atom. The second kappa shape index (κ2) is 9.46. The normalized spacial score (nSPS) is 13.1. The van der Waals surface area contributed by atoms with Gasteiger partial charge in [0.2, 0.25) is 0 Å². The van der Waals surface area contributed by atoms with Gasteiger partial charge in [-0.1, -0.05) is 32.1 Å². The summed E-state index contributed by atoms with van der Waals surface area (Å²) in [7, 11) is 0. The number of aromatic nitrogens is 1. The van der Waals surface area contributed by atoms with E-state index in [2.05, 4.69) is 72.3 Å². The summed E-state index contributed by atoms with van der Waals surface area (Å²) in [6.07, 6.45) is 15.1. The van der Waals surface area contributed by atoms with Crippen LogP contribution in [-0.2, 0) is 6.54 Å². The highest BCUT2D eigenvalue weighted by Gasteiger charge is 1.94. The van der Waals surface area contributed by atoms with Crippen LogP contribution in [0.5, 0.6) is 0 Å². The highest BCUT2D eigenvalue weighted by atomic mass is 15.1. The van der Waals surface area contributed by atoms with Gasteiger partial charge in [-0.2, -0.15) is 0 Å². The molecule has 2 rings (SSSR count). The highest BCUT2D eigenvalue weighted by molar-refractivity contribution is 5.08. The largest absolute Gasteiger partial charge is 0.374 e. The van der Waals surface area contributed by atoms with Gasteiger partial charge in [0.05, 0.1) is 0 Å². The van der Waals surface area contributed by atoms with Crippen LogP contribution >= 0.6 is 0 Å². The molecule has 0 bridgehead atoms. The van der Waals surface area contributed by atoms with Crippen molar-refractivity contribution in [3.8, 4) is 0 Å². The Bertz CT molecular complexity index is 355. The Morgan fingerprint density at radius 1 is 1.00 bits per heavy atom. The van der Waals surface area contributed by atoms with Gasteiger partial charge in [0.25, 0.3) is 0 Å². The lowest BCUT2D eigenvalue weighted by molar-refractivity contribution is -0.697. The molecule has 0 unspecified atom stereocenters. The Balaban J connectivity index is 0.000000180. The standard InChI is InChI=1S/C8H13N.C8H12N/c2*1-2-6-9-7-4-3-5-8-9/h3-5,7H,2,6,8H2,1H3;3-5,7-8H,2,6H2,1H3/q;+1. The van der Waals surface area contributed by atoms with Gasteiger partial charge < -0.3 is 4.90 Å². The molecule has 0 fully saturated rings. The molecule has 98 valence electrons. The van der Waals surface area contributed by atoms with Crippen molar-refractivity contribution in [2.75, 3.05) is 13.1 Å². The summed E-state index contributed by atoms with van der Waals surface area (Å²) < 4.78 is 2.18. The molecule has 2 heterocycles. The molecule has 0 amide bonds. The molecule has 0 aromatic carbocycles. The summed E-state index contributed by atoms with van der Waals surface area (Å²) >= 11 is 0. The molecule has 0 radical (unpaired) electrons. The molecule has 1 aliphatic heterocycles. The predicted octanol–water partition coefficient (Wildman–Crippen LogP) is 3.17. The molecule has 0 saturated heterocycles. The van der Waals surface area contributed by atoms with Crippen LogP contribution in [0.3, 0.4) is 0 Å². The number of allylic oxidation sites excluding steroid dienone is 2. The molecular formula is C16H25N2+.